The zero-order chi connectivity index (χ0) is 15.3. The Morgan fingerprint density at radius 2 is 2.05 bits per heavy atom. The van der Waals surface area contributed by atoms with Crippen LogP contribution >= 0.6 is 0 Å². The van der Waals surface area contributed by atoms with Gasteiger partial charge in [-0.15, -0.1) is 0 Å². The Kier molecular flexibility index (Phi) is 5.76. The van der Waals surface area contributed by atoms with E-state index in [-0.39, 0.29) is 16.6 Å². The fraction of sp³-hybridized carbons (Fsp3) is 0.615. The van der Waals surface area contributed by atoms with E-state index in [0.717, 1.165) is 12.8 Å². The number of sulfonamides is 1. The van der Waals surface area contributed by atoms with E-state index in [4.69, 9.17) is 5.11 Å². The minimum Gasteiger partial charge on any atom is -0.477 e. The van der Waals surface area contributed by atoms with Crippen molar-refractivity contribution >= 4 is 16.0 Å². The molecule has 1 heterocycles. The fourth-order valence-corrected chi connectivity index (χ4v) is 3.45. The predicted octanol–water partition coefficient (Wildman–Crippen LogP) is 2.06. The van der Waals surface area contributed by atoms with Crippen LogP contribution in [0.3, 0.4) is 0 Å². The van der Waals surface area contributed by atoms with E-state index in [1.807, 2.05) is 13.8 Å². The zero-order valence-electron chi connectivity index (χ0n) is 12.1. The van der Waals surface area contributed by atoms with Crippen LogP contribution in [-0.2, 0) is 16.6 Å². The van der Waals surface area contributed by atoms with Gasteiger partial charge in [0.2, 0.25) is 10.0 Å². The third kappa shape index (κ3) is 3.83. The normalized spacial score (nSPS) is 13.3. The van der Waals surface area contributed by atoms with Gasteiger partial charge in [-0.1, -0.05) is 20.3 Å². The highest BCUT2D eigenvalue weighted by atomic mass is 32.2. The number of nitrogens with zero attached hydrogens (tertiary/aromatic N) is 1. The SMILES string of the molecule is CCCC(CC)NS(=O)(=O)c1cc(C(=O)O)n(CC)c1. The molecule has 1 aromatic rings. The van der Waals surface area contributed by atoms with E-state index in [0.29, 0.717) is 13.0 Å². The third-order valence-electron chi connectivity index (χ3n) is 3.19. The highest BCUT2D eigenvalue weighted by molar-refractivity contribution is 7.89. The molecule has 0 aliphatic rings. The molecule has 0 spiro atoms. The van der Waals surface area contributed by atoms with Crippen molar-refractivity contribution in [3.8, 4) is 0 Å². The smallest absolute Gasteiger partial charge is 0.352 e. The molecular weight excluding hydrogens is 280 g/mol. The van der Waals surface area contributed by atoms with Gasteiger partial charge in [-0.05, 0) is 25.8 Å². The molecule has 7 heteroatoms. The number of rotatable bonds is 8. The van der Waals surface area contributed by atoms with Gasteiger partial charge in [0.05, 0.1) is 0 Å². The highest BCUT2D eigenvalue weighted by Crippen LogP contribution is 2.16. The van der Waals surface area contributed by atoms with Crippen LogP contribution in [0.15, 0.2) is 17.2 Å². The summed E-state index contributed by atoms with van der Waals surface area (Å²) in [6.45, 7) is 6.08. The van der Waals surface area contributed by atoms with Crippen LogP contribution in [0.25, 0.3) is 0 Å². The van der Waals surface area contributed by atoms with Crippen molar-refractivity contribution in [1.82, 2.24) is 9.29 Å². The lowest BCUT2D eigenvalue weighted by molar-refractivity contribution is 0.0685. The molecule has 0 saturated carbocycles. The van der Waals surface area contributed by atoms with Crippen LogP contribution in [0.5, 0.6) is 0 Å². The van der Waals surface area contributed by atoms with Crippen molar-refractivity contribution in [2.75, 3.05) is 0 Å². The van der Waals surface area contributed by atoms with Crippen molar-refractivity contribution in [1.29, 1.82) is 0 Å². The molecule has 1 aromatic heterocycles. The molecule has 0 aliphatic heterocycles. The molecule has 114 valence electrons. The second-order valence-corrected chi connectivity index (χ2v) is 6.38. The number of carboxylic acid groups (broad SMARTS) is 1. The summed E-state index contributed by atoms with van der Waals surface area (Å²) in [5.74, 6) is -1.13. The quantitative estimate of drug-likeness (QED) is 0.769. The first-order valence-electron chi connectivity index (χ1n) is 6.81. The molecule has 1 atom stereocenters. The Labute approximate surface area is 119 Å². The van der Waals surface area contributed by atoms with Gasteiger partial charge in [-0.25, -0.2) is 17.9 Å². The van der Waals surface area contributed by atoms with Crippen molar-refractivity contribution < 1.29 is 18.3 Å². The maximum absolute atomic E-state index is 12.3. The van der Waals surface area contributed by atoms with E-state index < -0.39 is 16.0 Å². The summed E-state index contributed by atoms with van der Waals surface area (Å²) in [4.78, 5) is 11.1. The average molecular weight is 302 g/mol. The molecule has 0 radical (unpaired) electrons. The van der Waals surface area contributed by atoms with Gasteiger partial charge < -0.3 is 9.67 Å². The molecule has 0 amide bonds. The zero-order valence-corrected chi connectivity index (χ0v) is 12.9. The first-order chi connectivity index (χ1) is 9.35. The van der Waals surface area contributed by atoms with Gasteiger partial charge in [-0.3, -0.25) is 0 Å². The summed E-state index contributed by atoms with van der Waals surface area (Å²) in [6.07, 6.45) is 3.71. The fourth-order valence-electron chi connectivity index (χ4n) is 2.05. The lowest BCUT2D eigenvalue weighted by atomic mass is 10.1. The van der Waals surface area contributed by atoms with Gasteiger partial charge >= 0.3 is 5.97 Å². The van der Waals surface area contributed by atoms with Crippen molar-refractivity contribution in [3.05, 3.63) is 18.0 Å². The molecule has 6 nitrogen and oxygen atoms in total. The van der Waals surface area contributed by atoms with E-state index in [1.54, 1.807) is 6.92 Å². The summed E-state index contributed by atoms with van der Waals surface area (Å²) >= 11 is 0. The van der Waals surface area contributed by atoms with Crippen LogP contribution in [0, 0.1) is 0 Å². The number of aryl methyl sites for hydroxylation is 1. The van der Waals surface area contributed by atoms with Crippen molar-refractivity contribution in [3.63, 3.8) is 0 Å². The van der Waals surface area contributed by atoms with E-state index in [2.05, 4.69) is 4.72 Å². The van der Waals surface area contributed by atoms with E-state index in [1.165, 1.54) is 16.8 Å². The molecule has 0 bridgehead atoms. The number of carboxylic acids is 1. The van der Waals surface area contributed by atoms with E-state index in [9.17, 15) is 13.2 Å². The largest absolute Gasteiger partial charge is 0.477 e. The standard InChI is InChI=1S/C13H22N2O4S/c1-4-7-10(5-2)14-20(18,19)11-8-12(13(16)17)15(6-3)9-11/h8-10,14H,4-7H2,1-3H3,(H,16,17). The number of hydrogen-bond donors (Lipinski definition) is 2. The van der Waals surface area contributed by atoms with Crippen LogP contribution in [0.4, 0.5) is 0 Å². The summed E-state index contributed by atoms with van der Waals surface area (Å²) < 4.78 is 28.6. The maximum Gasteiger partial charge on any atom is 0.352 e. The number of nitrogens with one attached hydrogen (secondary N) is 1. The first-order valence-corrected chi connectivity index (χ1v) is 8.29. The summed E-state index contributed by atoms with van der Waals surface area (Å²) in [7, 11) is -3.67. The second kappa shape index (κ2) is 6.90. The Bertz CT molecular complexity index is 563. The summed E-state index contributed by atoms with van der Waals surface area (Å²) in [6, 6.07) is 1.08. The van der Waals surface area contributed by atoms with Gasteiger partial charge in [-0.2, -0.15) is 0 Å². The number of aromatic nitrogens is 1. The number of hydrogen-bond acceptors (Lipinski definition) is 3. The minimum atomic E-state index is -3.67. The van der Waals surface area contributed by atoms with E-state index >= 15 is 0 Å². The van der Waals surface area contributed by atoms with Crippen molar-refractivity contribution in [2.24, 2.45) is 0 Å². The Hall–Kier alpha value is -1.34. The van der Waals surface area contributed by atoms with Crippen LogP contribution in [0.2, 0.25) is 0 Å². The molecule has 1 rings (SSSR count). The summed E-state index contributed by atoms with van der Waals surface area (Å²) in [5, 5.41) is 9.05. The number of carbonyl (C=O) groups is 1. The van der Waals surface area contributed by atoms with Gasteiger partial charge in [0, 0.05) is 18.8 Å². The predicted molar refractivity (Wildman–Crippen MR) is 76.4 cm³/mol. The van der Waals surface area contributed by atoms with Crippen LogP contribution < -0.4 is 4.72 Å². The molecule has 0 fully saturated rings. The van der Waals surface area contributed by atoms with Crippen molar-refractivity contribution in [2.45, 2.75) is 57.5 Å². The maximum atomic E-state index is 12.3. The average Bonchev–Trinajstić information content (AvgIpc) is 2.83. The topological polar surface area (TPSA) is 88.4 Å². The lowest BCUT2D eigenvalue weighted by Gasteiger charge is -2.15. The number of aromatic carboxylic acids is 1. The first kappa shape index (κ1) is 16.7. The second-order valence-electron chi connectivity index (χ2n) is 4.67. The van der Waals surface area contributed by atoms with Crippen LogP contribution in [0.1, 0.15) is 50.5 Å². The lowest BCUT2D eigenvalue weighted by Crippen LogP contribution is -2.34. The Balaban J connectivity index is 3.06. The van der Waals surface area contributed by atoms with Gasteiger partial charge in [0.15, 0.2) is 0 Å². The monoisotopic (exact) mass is 302 g/mol. The Morgan fingerprint density at radius 1 is 1.40 bits per heavy atom. The molecular formula is C13H22N2O4S. The molecule has 20 heavy (non-hydrogen) atoms. The van der Waals surface area contributed by atoms with Gasteiger partial charge in [0.25, 0.3) is 0 Å². The third-order valence-corrected chi connectivity index (χ3v) is 4.68. The molecule has 0 aromatic carbocycles. The molecule has 0 saturated heterocycles. The molecule has 1 unspecified atom stereocenters. The van der Waals surface area contributed by atoms with Crippen LogP contribution in [-0.4, -0.2) is 30.1 Å². The minimum absolute atomic E-state index is 0.00584. The summed E-state index contributed by atoms with van der Waals surface area (Å²) in [5.41, 5.74) is -0.0172. The van der Waals surface area contributed by atoms with Gasteiger partial charge in [0.1, 0.15) is 10.6 Å². The molecule has 0 aliphatic carbocycles. The molecule has 2 N–H and O–H groups in total. The Morgan fingerprint density at radius 3 is 2.45 bits per heavy atom. The highest BCUT2D eigenvalue weighted by Gasteiger charge is 2.23.